The van der Waals surface area contributed by atoms with E-state index in [1.807, 2.05) is 0 Å². The normalized spacial score (nSPS) is 12.5. The molecule has 0 unspecified atom stereocenters. The van der Waals surface area contributed by atoms with Crippen molar-refractivity contribution in [2.75, 3.05) is 18.1 Å². The van der Waals surface area contributed by atoms with Crippen LogP contribution in [0.5, 0.6) is 0 Å². The monoisotopic (exact) mass is 345 g/mol. The van der Waals surface area contributed by atoms with Gasteiger partial charge in [-0.15, -0.1) is 18.2 Å². The zero-order valence-corrected chi connectivity index (χ0v) is 13.1. The van der Waals surface area contributed by atoms with Gasteiger partial charge in [-0.2, -0.15) is 0 Å². The fourth-order valence-electron chi connectivity index (χ4n) is 1.38. The van der Waals surface area contributed by atoms with Crippen LogP contribution in [0.4, 0.5) is 0 Å². The van der Waals surface area contributed by atoms with Gasteiger partial charge < -0.3 is 26.6 Å². The molecule has 0 saturated carbocycles. The summed E-state index contributed by atoms with van der Waals surface area (Å²) in [5.41, 5.74) is 5.28. The zero-order valence-electron chi connectivity index (χ0n) is 12.3. The van der Waals surface area contributed by atoms with Crippen LogP contribution in [-0.2, 0) is 19.2 Å². The smallest absolute Gasteiger partial charge is 0.322 e. The molecule has 128 valence electrons. The van der Waals surface area contributed by atoms with E-state index in [1.165, 1.54) is 11.8 Å². The first-order chi connectivity index (χ1) is 10.8. The molecule has 0 aliphatic rings. The minimum absolute atomic E-state index is 0.0812. The Bertz CT molecular complexity index is 491. The number of aliphatic carboxylic acids is 2. The first-order valence-electron chi connectivity index (χ1n) is 6.56. The van der Waals surface area contributed by atoms with Crippen molar-refractivity contribution < 1.29 is 29.4 Å². The molecule has 0 aromatic carbocycles. The molecule has 2 amide bonds. The Labute approximate surface area is 137 Å². The number of hydrogen-bond donors (Lipinski definition) is 5. The molecule has 0 aromatic heterocycles. The van der Waals surface area contributed by atoms with Gasteiger partial charge in [-0.3, -0.25) is 19.2 Å². The van der Waals surface area contributed by atoms with Crippen LogP contribution < -0.4 is 16.4 Å². The summed E-state index contributed by atoms with van der Waals surface area (Å²) < 4.78 is 0. The van der Waals surface area contributed by atoms with Gasteiger partial charge in [0.25, 0.3) is 0 Å². The molecule has 0 bridgehead atoms. The summed E-state index contributed by atoms with van der Waals surface area (Å²) in [5, 5.41) is 21.7. The Kier molecular flexibility index (Phi) is 10.2. The molecule has 0 heterocycles. The number of rotatable bonds is 11. The lowest BCUT2D eigenvalue weighted by Crippen LogP contribution is -2.49. The van der Waals surface area contributed by atoms with Gasteiger partial charge >= 0.3 is 11.9 Å². The number of carbonyl (C=O) groups excluding carboxylic acids is 2. The van der Waals surface area contributed by atoms with Gasteiger partial charge in [0.1, 0.15) is 18.6 Å². The van der Waals surface area contributed by atoms with E-state index in [1.54, 1.807) is 0 Å². The maximum Gasteiger partial charge on any atom is 0.322 e. The van der Waals surface area contributed by atoms with E-state index in [-0.39, 0.29) is 18.6 Å². The lowest BCUT2D eigenvalue weighted by Gasteiger charge is -2.17. The van der Waals surface area contributed by atoms with Crippen molar-refractivity contribution in [1.82, 2.24) is 10.6 Å². The highest BCUT2D eigenvalue weighted by molar-refractivity contribution is 7.99. The van der Waals surface area contributed by atoms with Crippen molar-refractivity contribution in [1.29, 1.82) is 0 Å². The highest BCUT2D eigenvalue weighted by Gasteiger charge is 2.22. The van der Waals surface area contributed by atoms with E-state index in [0.717, 1.165) is 0 Å². The minimum Gasteiger partial charge on any atom is -0.480 e. The number of nitrogens with one attached hydrogen (secondary N) is 2. The number of thioether (sulfide) groups is 1. The third kappa shape index (κ3) is 10.2. The van der Waals surface area contributed by atoms with E-state index in [0.29, 0.717) is 5.75 Å². The van der Waals surface area contributed by atoms with E-state index >= 15 is 0 Å². The van der Waals surface area contributed by atoms with E-state index in [4.69, 9.17) is 22.4 Å². The van der Waals surface area contributed by atoms with Crippen LogP contribution >= 0.6 is 11.8 Å². The third-order valence-corrected chi connectivity index (χ3v) is 3.47. The largest absolute Gasteiger partial charge is 0.480 e. The molecule has 2 atom stereocenters. The van der Waals surface area contributed by atoms with Gasteiger partial charge in [-0.05, 0) is 6.42 Å². The lowest BCUT2D eigenvalue weighted by molar-refractivity contribution is -0.139. The molecule has 0 aliphatic carbocycles. The second-order valence-electron chi connectivity index (χ2n) is 4.43. The molecule has 0 rings (SSSR count). The van der Waals surface area contributed by atoms with E-state index in [2.05, 4.69) is 16.6 Å². The first kappa shape index (κ1) is 20.8. The molecular formula is C13H19N3O6S. The van der Waals surface area contributed by atoms with Gasteiger partial charge in [0.2, 0.25) is 11.8 Å². The molecule has 0 spiro atoms. The highest BCUT2D eigenvalue weighted by Crippen LogP contribution is 2.04. The van der Waals surface area contributed by atoms with Crippen molar-refractivity contribution in [2.24, 2.45) is 5.73 Å². The minimum atomic E-state index is -1.22. The summed E-state index contributed by atoms with van der Waals surface area (Å²) in [4.78, 5) is 44.6. The number of carboxylic acids is 2. The van der Waals surface area contributed by atoms with Crippen molar-refractivity contribution in [3.8, 4) is 12.3 Å². The average molecular weight is 345 g/mol. The summed E-state index contributed by atoms with van der Waals surface area (Å²) in [6.07, 6.45) is 4.84. The standard InChI is InChI=1S/C13H19N3O6S/c1-2-5-23-7-9(12(20)15-6-11(18)19)16-10(17)4-3-8(14)13(21)22/h1,8-9H,3-7,14H2,(H,15,20)(H,16,17)(H,18,19)(H,21,22)/t8-,9-/m0/s1. The molecule has 0 aliphatic heterocycles. The molecule has 23 heavy (non-hydrogen) atoms. The topological polar surface area (TPSA) is 159 Å². The van der Waals surface area contributed by atoms with Crippen LogP contribution in [0.1, 0.15) is 12.8 Å². The second kappa shape index (κ2) is 11.3. The van der Waals surface area contributed by atoms with Crippen LogP contribution in [0.25, 0.3) is 0 Å². The molecule has 0 fully saturated rings. The van der Waals surface area contributed by atoms with Crippen LogP contribution in [0.15, 0.2) is 0 Å². The number of hydrogen-bond acceptors (Lipinski definition) is 6. The quantitative estimate of drug-likeness (QED) is 0.217. The summed E-state index contributed by atoms with van der Waals surface area (Å²) in [5.74, 6) is -0.814. The molecule has 0 radical (unpaired) electrons. The Morgan fingerprint density at radius 2 is 1.91 bits per heavy atom. The third-order valence-electron chi connectivity index (χ3n) is 2.54. The molecular weight excluding hydrogens is 326 g/mol. The van der Waals surface area contributed by atoms with Crippen molar-refractivity contribution >= 4 is 35.5 Å². The van der Waals surface area contributed by atoms with Gasteiger partial charge in [0.15, 0.2) is 0 Å². The highest BCUT2D eigenvalue weighted by atomic mass is 32.2. The summed E-state index contributed by atoms with van der Waals surface area (Å²) in [6.45, 7) is -0.575. The summed E-state index contributed by atoms with van der Waals surface area (Å²) in [7, 11) is 0. The Balaban J connectivity index is 4.51. The number of carboxylic acid groups (broad SMARTS) is 2. The molecule has 0 aromatic rings. The van der Waals surface area contributed by atoms with Crippen molar-refractivity contribution in [3.63, 3.8) is 0 Å². The predicted octanol–water partition coefficient (Wildman–Crippen LogP) is -1.77. The Morgan fingerprint density at radius 3 is 2.43 bits per heavy atom. The fraction of sp³-hybridized carbons (Fsp3) is 0.538. The van der Waals surface area contributed by atoms with Crippen LogP contribution in [-0.4, -0.2) is 64.1 Å². The number of terminal acetylenes is 1. The van der Waals surface area contributed by atoms with Gasteiger partial charge in [0, 0.05) is 12.2 Å². The van der Waals surface area contributed by atoms with Gasteiger partial charge in [-0.1, -0.05) is 5.92 Å². The number of nitrogens with two attached hydrogens (primary N) is 1. The maximum absolute atomic E-state index is 11.9. The summed E-state index contributed by atoms with van der Waals surface area (Å²) in [6, 6.07) is -2.14. The van der Waals surface area contributed by atoms with Crippen LogP contribution in [0.2, 0.25) is 0 Å². The number of carbonyl (C=O) groups is 4. The van der Waals surface area contributed by atoms with Crippen LogP contribution in [0, 0.1) is 12.3 Å². The van der Waals surface area contributed by atoms with E-state index < -0.39 is 42.4 Å². The Hall–Kier alpha value is -2.25. The lowest BCUT2D eigenvalue weighted by atomic mass is 10.1. The van der Waals surface area contributed by atoms with Gasteiger partial charge in [0.05, 0.1) is 5.75 Å². The molecule has 6 N–H and O–H groups in total. The zero-order chi connectivity index (χ0) is 17.8. The molecule has 10 heteroatoms. The summed E-state index contributed by atoms with van der Waals surface area (Å²) >= 11 is 1.22. The second-order valence-corrected chi connectivity index (χ2v) is 5.46. The van der Waals surface area contributed by atoms with Crippen molar-refractivity contribution in [3.05, 3.63) is 0 Å². The molecule has 0 saturated heterocycles. The van der Waals surface area contributed by atoms with E-state index in [9.17, 15) is 19.2 Å². The SMILES string of the molecule is C#CCSC[C@H](NC(=O)CC[C@H](N)C(=O)O)C(=O)NCC(=O)O. The average Bonchev–Trinajstić information content (AvgIpc) is 2.49. The predicted molar refractivity (Wildman–Crippen MR) is 83.6 cm³/mol. The molecule has 9 nitrogen and oxygen atoms in total. The van der Waals surface area contributed by atoms with Gasteiger partial charge in [-0.25, -0.2) is 0 Å². The Morgan fingerprint density at radius 1 is 1.26 bits per heavy atom. The maximum atomic E-state index is 11.9. The fourth-order valence-corrected chi connectivity index (χ4v) is 2.09. The van der Waals surface area contributed by atoms with Crippen molar-refractivity contribution in [2.45, 2.75) is 24.9 Å². The number of amides is 2. The first-order valence-corrected chi connectivity index (χ1v) is 7.71. The van der Waals surface area contributed by atoms with Crippen LogP contribution in [0.3, 0.4) is 0 Å².